The molecule has 5 rings (SSSR count). The van der Waals surface area contributed by atoms with E-state index in [1.165, 1.54) is 25.7 Å². The van der Waals surface area contributed by atoms with Crippen molar-refractivity contribution < 1.29 is 23.9 Å². The molecule has 1 N–H and O–H groups in total. The third-order valence-electron chi connectivity index (χ3n) is 12.5. The number of ether oxygens (including phenoxy) is 2. The number of halogens is 1. The number of aromatic nitrogens is 3. The number of benzene rings is 1. The number of hydrogen-bond acceptors (Lipinski definition) is 7. The normalized spacial score (nSPS) is 16.9. The van der Waals surface area contributed by atoms with Crippen LogP contribution in [0.4, 0.5) is 4.79 Å². The molecular formula is C48H74BrN5O6Si. The molecule has 3 aromatic rings. The first-order chi connectivity index (χ1) is 29.0. The molecule has 2 aliphatic rings. The summed E-state index contributed by atoms with van der Waals surface area (Å²) in [5.41, 5.74) is 1.18. The second kappa shape index (κ2) is 22.4. The van der Waals surface area contributed by atoms with E-state index in [1.807, 2.05) is 62.9 Å². The predicted molar refractivity (Wildman–Crippen MR) is 252 cm³/mol. The van der Waals surface area contributed by atoms with E-state index in [1.54, 1.807) is 4.90 Å². The number of ketones is 1. The first kappa shape index (κ1) is 48.7. The molecule has 2 aromatic heterocycles. The van der Waals surface area contributed by atoms with E-state index >= 15 is 0 Å². The van der Waals surface area contributed by atoms with Crippen molar-refractivity contribution in [2.75, 3.05) is 25.0 Å². The minimum absolute atomic E-state index is 0.0315. The van der Waals surface area contributed by atoms with E-state index in [0.29, 0.717) is 50.9 Å². The fourth-order valence-corrected chi connectivity index (χ4v) is 9.72. The van der Waals surface area contributed by atoms with Crippen LogP contribution < -0.4 is 10.9 Å². The lowest BCUT2D eigenvalue weighted by molar-refractivity contribution is -0.124. The van der Waals surface area contributed by atoms with Crippen molar-refractivity contribution in [2.24, 2.45) is 11.3 Å². The number of Topliss-reactive ketones (excluding diaryl/α,β-unsaturated/α-hetero) is 1. The third-order valence-corrected chi connectivity index (χ3v) is 14.8. The molecule has 0 bridgehead atoms. The minimum Gasteiger partial charge on any atom is -0.444 e. The van der Waals surface area contributed by atoms with Gasteiger partial charge in [-0.25, -0.2) is 9.78 Å². The maximum Gasteiger partial charge on any atom is 0.410 e. The van der Waals surface area contributed by atoms with Gasteiger partial charge >= 0.3 is 6.09 Å². The number of alkyl halides is 1. The first-order valence-electron chi connectivity index (χ1n) is 23.2. The van der Waals surface area contributed by atoms with E-state index < -0.39 is 13.7 Å². The molecule has 1 aliphatic carbocycles. The van der Waals surface area contributed by atoms with Gasteiger partial charge in [0.25, 0.3) is 5.56 Å². The fraction of sp³-hybridized carbons (Fsp3) is 0.688. The summed E-state index contributed by atoms with van der Waals surface area (Å²) in [4.78, 5) is 59.5. The molecule has 1 aliphatic heterocycles. The van der Waals surface area contributed by atoms with E-state index in [0.717, 1.165) is 85.2 Å². The summed E-state index contributed by atoms with van der Waals surface area (Å²) in [6, 6.07) is 8.72. The molecule has 2 amide bonds. The number of amides is 2. The van der Waals surface area contributed by atoms with E-state index in [4.69, 9.17) is 14.5 Å². The van der Waals surface area contributed by atoms with Crippen LogP contribution in [0.3, 0.4) is 0 Å². The Morgan fingerprint density at radius 3 is 2.38 bits per heavy atom. The number of carbonyl (C=O) groups excluding carboxylic acids is 3. The highest BCUT2D eigenvalue weighted by Crippen LogP contribution is 2.59. The Kier molecular flexibility index (Phi) is 17.9. The number of likely N-dealkylation sites (tertiary alicyclic amines) is 1. The Bertz CT molecular complexity index is 1970. The standard InChI is InChI=1S/C48H74BrN5O6Si/c1-8-38(55)18-14-13-15-19-41(51-44(56)40-33-48(40)23-28-53(29-24-48)46(58)60-47(2,3)4)43-50-34-42(54(43)35-59-30-31-61(5,6)7)37-20-21-39-36(32-37)22-27-52(45(39)57)26-17-12-10-9-11-16-25-49/h20-22,27,32,34,40-41H,8-19,23-26,28-31,33,35H2,1-7H3,(H,51,56)/t40-,41+/m1/s1. The highest BCUT2D eigenvalue weighted by Gasteiger charge is 2.59. The van der Waals surface area contributed by atoms with Crippen molar-refractivity contribution in [3.63, 3.8) is 0 Å². The van der Waals surface area contributed by atoms with Gasteiger partial charge in [-0.2, -0.15) is 0 Å². The number of imidazole rings is 1. The van der Waals surface area contributed by atoms with Crippen molar-refractivity contribution in [1.82, 2.24) is 24.3 Å². The molecule has 2 fully saturated rings. The Hall–Kier alpha value is -3.29. The van der Waals surface area contributed by atoms with Crippen LogP contribution in [0.1, 0.15) is 136 Å². The quantitative estimate of drug-likeness (QED) is 0.0539. The average Bonchev–Trinajstić information content (AvgIpc) is 3.74. The summed E-state index contributed by atoms with van der Waals surface area (Å²) in [7, 11) is -1.35. The molecule has 3 heterocycles. The first-order valence-corrected chi connectivity index (χ1v) is 28.0. The van der Waals surface area contributed by atoms with E-state index in [2.05, 4.69) is 51.5 Å². The Morgan fingerprint density at radius 2 is 1.69 bits per heavy atom. The third kappa shape index (κ3) is 14.4. The van der Waals surface area contributed by atoms with Crippen LogP contribution in [0, 0.1) is 11.3 Å². The zero-order chi connectivity index (χ0) is 44.2. The van der Waals surface area contributed by atoms with Crippen LogP contribution in [-0.4, -0.2) is 75.5 Å². The number of unbranched alkanes of at least 4 members (excludes halogenated alkanes) is 7. The molecule has 61 heavy (non-hydrogen) atoms. The van der Waals surface area contributed by atoms with Gasteiger partial charge in [0.05, 0.1) is 17.9 Å². The average molecular weight is 925 g/mol. The van der Waals surface area contributed by atoms with Crippen molar-refractivity contribution >= 4 is 52.6 Å². The van der Waals surface area contributed by atoms with Crippen molar-refractivity contribution in [1.29, 1.82) is 0 Å². The van der Waals surface area contributed by atoms with Crippen LogP contribution >= 0.6 is 15.9 Å². The Balaban J connectivity index is 1.36. The topological polar surface area (TPSA) is 125 Å². The number of fused-ring (bicyclic) bond motifs is 1. The summed E-state index contributed by atoms with van der Waals surface area (Å²) >= 11 is 3.51. The van der Waals surface area contributed by atoms with Gasteiger partial charge in [-0.3, -0.25) is 14.4 Å². The van der Waals surface area contributed by atoms with Crippen molar-refractivity contribution in [3.05, 3.63) is 52.8 Å². The molecular weight excluding hydrogens is 851 g/mol. The maximum absolute atomic E-state index is 14.2. The smallest absolute Gasteiger partial charge is 0.410 e. The molecule has 1 saturated carbocycles. The second-order valence-corrected chi connectivity index (χ2v) is 26.3. The number of nitrogens with one attached hydrogen (secondary N) is 1. The summed E-state index contributed by atoms with van der Waals surface area (Å²) < 4.78 is 16.0. The van der Waals surface area contributed by atoms with Crippen LogP contribution in [0.2, 0.25) is 25.7 Å². The van der Waals surface area contributed by atoms with Gasteiger partial charge in [-0.05, 0) is 101 Å². The van der Waals surface area contributed by atoms with Gasteiger partial charge in [0.15, 0.2) is 0 Å². The number of pyridine rings is 1. The second-order valence-electron chi connectivity index (χ2n) is 19.8. The molecule has 0 radical (unpaired) electrons. The SMILES string of the molecule is CCC(=O)CCCCC[C@H](NC(=O)[C@H]1CC12CCN(C(=O)OC(C)(C)C)CC2)c1ncc(-c2ccc3c(=O)n(CCCCCCCCBr)ccc3c2)n1COCC[Si](C)(C)C. The fourth-order valence-electron chi connectivity index (χ4n) is 8.57. The lowest BCUT2D eigenvalue weighted by Crippen LogP contribution is -2.43. The number of aryl methyl sites for hydroxylation is 1. The molecule has 1 saturated heterocycles. The van der Waals surface area contributed by atoms with Gasteiger partial charge < -0.3 is 28.8 Å². The van der Waals surface area contributed by atoms with E-state index in [9.17, 15) is 19.2 Å². The number of nitrogens with zero attached hydrogens (tertiary/aromatic N) is 4. The van der Waals surface area contributed by atoms with Gasteiger partial charge in [0, 0.05) is 75.6 Å². The van der Waals surface area contributed by atoms with E-state index in [-0.39, 0.29) is 47.4 Å². The van der Waals surface area contributed by atoms with Gasteiger partial charge in [0.2, 0.25) is 5.91 Å². The zero-order valence-electron chi connectivity index (χ0n) is 38.3. The van der Waals surface area contributed by atoms with Crippen LogP contribution in [0.15, 0.2) is 41.5 Å². The minimum atomic E-state index is -1.35. The summed E-state index contributed by atoms with van der Waals surface area (Å²) in [6.07, 6.45) is 17.2. The van der Waals surface area contributed by atoms with Gasteiger partial charge in [0.1, 0.15) is 23.9 Å². The largest absolute Gasteiger partial charge is 0.444 e. The highest BCUT2D eigenvalue weighted by atomic mass is 79.9. The molecule has 0 unspecified atom stereocenters. The summed E-state index contributed by atoms with van der Waals surface area (Å²) in [5, 5.41) is 6.09. The monoisotopic (exact) mass is 923 g/mol. The maximum atomic E-state index is 14.2. The number of hydrogen-bond donors (Lipinski definition) is 1. The van der Waals surface area contributed by atoms with Crippen LogP contribution in [-0.2, 0) is 32.3 Å². The molecule has 1 spiro atoms. The van der Waals surface area contributed by atoms with Crippen molar-refractivity contribution in [2.45, 2.75) is 175 Å². The van der Waals surface area contributed by atoms with Gasteiger partial charge in [-0.1, -0.05) is 87.1 Å². The molecule has 338 valence electrons. The molecule has 1 aromatic carbocycles. The van der Waals surface area contributed by atoms with Crippen LogP contribution in [0.5, 0.6) is 0 Å². The molecule has 2 atom stereocenters. The highest BCUT2D eigenvalue weighted by molar-refractivity contribution is 9.09. The molecule has 13 heteroatoms. The summed E-state index contributed by atoms with van der Waals surface area (Å²) in [6.45, 7) is 17.4. The number of rotatable bonds is 24. The number of carbonyl (C=O) groups is 3. The van der Waals surface area contributed by atoms with Crippen molar-refractivity contribution in [3.8, 4) is 11.3 Å². The molecule has 11 nitrogen and oxygen atoms in total. The zero-order valence-corrected chi connectivity index (χ0v) is 40.9. The number of piperidine rings is 1. The van der Waals surface area contributed by atoms with Gasteiger partial charge in [-0.15, -0.1) is 0 Å². The Labute approximate surface area is 374 Å². The van der Waals surface area contributed by atoms with Crippen LogP contribution in [0.25, 0.3) is 22.0 Å². The lowest BCUT2D eigenvalue weighted by Gasteiger charge is -2.34. The Morgan fingerprint density at radius 1 is 0.984 bits per heavy atom. The predicted octanol–water partition coefficient (Wildman–Crippen LogP) is 11.0. The lowest BCUT2D eigenvalue weighted by atomic mass is 9.90. The summed E-state index contributed by atoms with van der Waals surface area (Å²) in [5.74, 6) is 0.934.